The van der Waals surface area contributed by atoms with Gasteiger partial charge in [-0.05, 0) is 48.6 Å². The molecule has 3 rings (SSSR count). The van der Waals surface area contributed by atoms with Crippen LogP contribution in [0, 0.1) is 0 Å². The van der Waals surface area contributed by atoms with E-state index in [4.69, 9.17) is 15.6 Å². The first-order chi connectivity index (χ1) is 11.0. The average Bonchev–Trinajstić information content (AvgIpc) is 2.55. The van der Waals surface area contributed by atoms with Gasteiger partial charge in [-0.3, -0.25) is 4.79 Å². The summed E-state index contributed by atoms with van der Waals surface area (Å²) in [6, 6.07) is 7.29. The summed E-state index contributed by atoms with van der Waals surface area (Å²) >= 11 is 0. The van der Waals surface area contributed by atoms with Gasteiger partial charge >= 0.3 is 6.09 Å². The van der Waals surface area contributed by atoms with Gasteiger partial charge in [-0.25, -0.2) is 4.79 Å². The minimum atomic E-state index is -0.881. The molecule has 2 aliphatic rings. The number of benzene rings is 1. The van der Waals surface area contributed by atoms with Gasteiger partial charge in [0.15, 0.2) is 0 Å². The Morgan fingerprint density at radius 3 is 2.65 bits per heavy atom. The van der Waals surface area contributed by atoms with Gasteiger partial charge in [0.2, 0.25) is 5.91 Å². The van der Waals surface area contributed by atoms with E-state index in [1.165, 1.54) is 4.90 Å². The zero-order chi connectivity index (χ0) is 16.4. The zero-order valence-electron chi connectivity index (χ0n) is 12.8. The molecular weight excluding hydrogens is 296 g/mol. The van der Waals surface area contributed by atoms with Crippen molar-refractivity contribution in [1.29, 1.82) is 0 Å². The Morgan fingerprint density at radius 1 is 1.26 bits per heavy atom. The second-order valence-corrected chi connectivity index (χ2v) is 6.05. The summed E-state index contributed by atoms with van der Waals surface area (Å²) in [6.07, 6.45) is 3.30. The molecule has 0 aromatic heterocycles. The summed E-state index contributed by atoms with van der Waals surface area (Å²) < 4.78 is 5.98. The van der Waals surface area contributed by atoms with Crippen molar-refractivity contribution in [2.24, 2.45) is 5.73 Å². The van der Waals surface area contributed by atoms with E-state index in [-0.39, 0.29) is 0 Å². The van der Waals surface area contributed by atoms with Crippen molar-refractivity contribution < 1.29 is 19.4 Å². The molecule has 2 aliphatic heterocycles. The van der Waals surface area contributed by atoms with E-state index in [1.54, 1.807) is 12.1 Å². The molecule has 2 heterocycles. The number of carbonyl (C=O) groups is 2. The van der Waals surface area contributed by atoms with Gasteiger partial charge in [0.25, 0.3) is 0 Å². The fourth-order valence-corrected chi connectivity index (χ4v) is 3.26. The van der Waals surface area contributed by atoms with Crippen LogP contribution in [0.2, 0.25) is 0 Å². The van der Waals surface area contributed by atoms with Crippen LogP contribution in [0.15, 0.2) is 30.3 Å². The maximum absolute atomic E-state index is 11.3. The first-order valence-corrected chi connectivity index (χ1v) is 7.73. The number of likely N-dealkylation sites (tertiary alicyclic amines) is 1. The Bertz CT molecular complexity index is 660. The molecule has 6 heteroatoms. The third-order valence-corrected chi connectivity index (χ3v) is 4.60. The highest BCUT2D eigenvalue weighted by Crippen LogP contribution is 2.36. The third-order valence-electron chi connectivity index (χ3n) is 4.60. The Kier molecular flexibility index (Phi) is 4.09. The van der Waals surface area contributed by atoms with Gasteiger partial charge in [0, 0.05) is 18.7 Å². The predicted octanol–water partition coefficient (Wildman–Crippen LogP) is 2.10. The van der Waals surface area contributed by atoms with Crippen LogP contribution in [-0.2, 0) is 4.74 Å². The van der Waals surface area contributed by atoms with E-state index >= 15 is 0 Å². The van der Waals surface area contributed by atoms with Crippen LogP contribution in [0.1, 0.15) is 35.2 Å². The summed E-state index contributed by atoms with van der Waals surface area (Å²) in [5, 5.41) is 9.06. The van der Waals surface area contributed by atoms with Gasteiger partial charge in [0.05, 0.1) is 12.2 Å². The van der Waals surface area contributed by atoms with Gasteiger partial charge in [-0.15, -0.1) is 0 Å². The maximum Gasteiger partial charge on any atom is 0.407 e. The minimum absolute atomic E-state index is 0.401. The number of amides is 2. The molecule has 1 spiro atoms. The van der Waals surface area contributed by atoms with Crippen molar-refractivity contribution in [2.45, 2.75) is 24.9 Å². The molecule has 1 aromatic rings. The normalized spacial score (nSPS) is 20.2. The van der Waals surface area contributed by atoms with Crippen LogP contribution in [0.4, 0.5) is 4.79 Å². The lowest BCUT2D eigenvalue weighted by Crippen LogP contribution is -2.47. The summed E-state index contributed by atoms with van der Waals surface area (Å²) in [6.45, 7) is 1.54. The number of carboxylic acid groups (broad SMARTS) is 1. The SMILES string of the molecule is NC(=O)c1cccc(C2=CC3(CCN(C(=O)O)CC3)OCC2)c1. The lowest BCUT2D eigenvalue weighted by molar-refractivity contribution is -0.0491. The van der Waals surface area contributed by atoms with Crippen molar-refractivity contribution in [2.75, 3.05) is 19.7 Å². The number of piperidine rings is 1. The summed E-state index contributed by atoms with van der Waals surface area (Å²) in [5.41, 5.74) is 7.54. The second kappa shape index (κ2) is 6.04. The maximum atomic E-state index is 11.3. The van der Waals surface area contributed by atoms with E-state index in [0.29, 0.717) is 38.1 Å². The van der Waals surface area contributed by atoms with Crippen molar-refractivity contribution in [1.82, 2.24) is 4.90 Å². The number of primary amides is 1. The van der Waals surface area contributed by atoms with Crippen LogP contribution >= 0.6 is 0 Å². The van der Waals surface area contributed by atoms with Gasteiger partial charge in [-0.1, -0.05) is 12.1 Å². The van der Waals surface area contributed by atoms with Crippen molar-refractivity contribution in [3.8, 4) is 0 Å². The monoisotopic (exact) mass is 316 g/mol. The Morgan fingerprint density at radius 2 is 2.00 bits per heavy atom. The number of hydrogen-bond acceptors (Lipinski definition) is 3. The lowest BCUT2D eigenvalue weighted by Gasteiger charge is -2.41. The molecule has 122 valence electrons. The second-order valence-electron chi connectivity index (χ2n) is 6.05. The Labute approximate surface area is 134 Å². The zero-order valence-corrected chi connectivity index (χ0v) is 12.8. The Hall–Kier alpha value is -2.34. The van der Waals surface area contributed by atoms with Gasteiger partial charge in [-0.2, -0.15) is 0 Å². The fourth-order valence-electron chi connectivity index (χ4n) is 3.26. The molecule has 3 N–H and O–H groups in total. The number of nitrogens with two attached hydrogens (primary N) is 1. The van der Waals surface area contributed by atoms with E-state index in [1.807, 2.05) is 12.1 Å². The molecule has 0 aliphatic carbocycles. The highest BCUT2D eigenvalue weighted by atomic mass is 16.5. The molecule has 6 nitrogen and oxygen atoms in total. The molecule has 1 saturated heterocycles. The molecule has 2 amide bonds. The predicted molar refractivity (Wildman–Crippen MR) is 85.1 cm³/mol. The summed E-state index contributed by atoms with van der Waals surface area (Å²) in [5.74, 6) is -0.441. The highest BCUT2D eigenvalue weighted by molar-refractivity contribution is 5.93. The largest absolute Gasteiger partial charge is 0.465 e. The molecule has 1 aromatic carbocycles. The van der Waals surface area contributed by atoms with Crippen LogP contribution in [0.3, 0.4) is 0 Å². The standard InChI is InChI=1S/C17H20N2O4/c18-15(20)13-3-1-2-12(10-13)14-4-9-23-17(11-14)5-7-19(8-6-17)16(21)22/h1-3,10-11H,4-9H2,(H2,18,20)(H,21,22). The minimum Gasteiger partial charge on any atom is -0.465 e. The molecule has 0 saturated carbocycles. The van der Waals surface area contributed by atoms with Crippen molar-refractivity contribution in [3.63, 3.8) is 0 Å². The molecule has 0 bridgehead atoms. The van der Waals surface area contributed by atoms with Gasteiger partial charge in [0.1, 0.15) is 0 Å². The Balaban J connectivity index is 1.84. The number of rotatable bonds is 2. The molecule has 0 unspecified atom stereocenters. The average molecular weight is 316 g/mol. The van der Waals surface area contributed by atoms with E-state index in [2.05, 4.69) is 6.08 Å². The van der Waals surface area contributed by atoms with E-state index < -0.39 is 17.6 Å². The molecule has 0 atom stereocenters. The molecule has 0 radical (unpaired) electrons. The topological polar surface area (TPSA) is 92.9 Å². The van der Waals surface area contributed by atoms with E-state index in [9.17, 15) is 9.59 Å². The van der Waals surface area contributed by atoms with Crippen LogP contribution in [0.5, 0.6) is 0 Å². The lowest BCUT2D eigenvalue weighted by atomic mass is 9.84. The molecule has 23 heavy (non-hydrogen) atoms. The number of hydrogen-bond donors (Lipinski definition) is 2. The number of ether oxygens (including phenoxy) is 1. The summed E-state index contributed by atoms with van der Waals surface area (Å²) in [7, 11) is 0. The smallest absolute Gasteiger partial charge is 0.407 e. The van der Waals surface area contributed by atoms with Crippen molar-refractivity contribution >= 4 is 17.6 Å². The highest BCUT2D eigenvalue weighted by Gasteiger charge is 2.37. The number of carbonyl (C=O) groups excluding carboxylic acids is 1. The van der Waals surface area contributed by atoms with E-state index in [0.717, 1.165) is 17.6 Å². The van der Waals surface area contributed by atoms with Crippen LogP contribution in [-0.4, -0.2) is 47.3 Å². The summed E-state index contributed by atoms with van der Waals surface area (Å²) in [4.78, 5) is 23.8. The first kappa shape index (κ1) is 15.6. The fraction of sp³-hybridized carbons (Fsp3) is 0.412. The third kappa shape index (κ3) is 3.22. The molecular formula is C17H20N2O4. The molecule has 1 fully saturated rings. The first-order valence-electron chi connectivity index (χ1n) is 7.73. The van der Waals surface area contributed by atoms with Crippen LogP contribution in [0.25, 0.3) is 5.57 Å². The number of nitrogens with zero attached hydrogens (tertiary/aromatic N) is 1. The van der Waals surface area contributed by atoms with Crippen LogP contribution < -0.4 is 5.73 Å². The van der Waals surface area contributed by atoms with Crippen molar-refractivity contribution in [3.05, 3.63) is 41.5 Å². The van der Waals surface area contributed by atoms with Gasteiger partial charge < -0.3 is 20.5 Å². The quantitative estimate of drug-likeness (QED) is 0.874.